The lowest BCUT2D eigenvalue weighted by Crippen LogP contribution is -2.62. The Morgan fingerprint density at radius 3 is 1.85 bits per heavy atom. The lowest BCUT2D eigenvalue weighted by atomic mass is 9.98. The molecule has 0 aliphatic carbocycles. The van der Waals surface area contributed by atoms with Gasteiger partial charge >= 0.3 is 23.9 Å². The molecular weight excluding hydrogens is 364 g/mol. The second-order valence-electron chi connectivity index (χ2n) is 5.69. The molecule has 0 spiro atoms. The average Bonchev–Trinajstić information content (AvgIpc) is 2.54. The highest BCUT2D eigenvalue weighted by Gasteiger charge is 2.52. The van der Waals surface area contributed by atoms with Gasteiger partial charge in [0.1, 0.15) is 12.7 Å². The fourth-order valence-electron chi connectivity index (χ4n) is 2.49. The third-order valence-corrected chi connectivity index (χ3v) is 3.33. The van der Waals surface area contributed by atoms with Gasteiger partial charge in [0, 0.05) is 27.7 Å². The van der Waals surface area contributed by atoms with Crippen molar-refractivity contribution in [2.24, 2.45) is 0 Å². The predicted molar refractivity (Wildman–Crippen MR) is 88.1 cm³/mol. The van der Waals surface area contributed by atoms with Crippen molar-refractivity contribution in [1.29, 1.82) is 0 Å². The minimum Gasteiger partial charge on any atom is -0.463 e. The van der Waals surface area contributed by atoms with Gasteiger partial charge in [-0.1, -0.05) is 6.08 Å². The van der Waals surface area contributed by atoms with Crippen LogP contribution in [-0.2, 0) is 47.6 Å². The van der Waals surface area contributed by atoms with E-state index in [1.165, 1.54) is 13.0 Å². The first-order valence-electron chi connectivity index (χ1n) is 8.18. The van der Waals surface area contributed by atoms with E-state index in [9.17, 15) is 19.2 Å². The van der Waals surface area contributed by atoms with Crippen molar-refractivity contribution < 1.29 is 47.6 Å². The van der Waals surface area contributed by atoms with E-state index in [1.54, 1.807) is 0 Å². The number of carbonyl (C=O) groups is 4. The van der Waals surface area contributed by atoms with Gasteiger partial charge in [0.15, 0.2) is 24.6 Å². The van der Waals surface area contributed by atoms with Crippen LogP contribution in [0.1, 0.15) is 27.7 Å². The van der Waals surface area contributed by atoms with Gasteiger partial charge < -0.3 is 28.4 Å². The van der Waals surface area contributed by atoms with Crippen molar-refractivity contribution in [2.45, 2.75) is 58.4 Å². The molecule has 1 unspecified atom stereocenters. The molecule has 0 bridgehead atoms. The van der Waals surface area contributed by atoms with E-state index in [0.29, 0.717) is 0 Å². The molecule has 0 N–H and O–H groups in total. The maximum Gasteiger partial charge on any atom is 0.303 e. The zero-order valence-electron chi connectivity index (χ0n) is 15.7. The van der Waals surface area contributed by atoms with E-state index in [2.05, 4.69) is 6.58 Å². The largest absolute Gasteiger partial charge is 0.463 e. The average molecular weight is 388 g/mol. The van der Waals surface area contributed by atoms with Crippen molar-refractivity contribution in [1.82, 2.24) is 0 Å². The van der Waals surface area contributed by atoms with Gasteiger partial charge in [-0.05, 0) is 0 Å². The van der Waals surface area contributed by atoms with E-state index in [1.807, 2.05) is 0 Å². The van der Waals surface area contributed by atoms with E-state index in [-0.39, 0.29) is 13.2 Å². The molecule has 1 fully saturated rings. The molecule has 0 radical (unpaired) electrons. The summed E-state index contributed by atoms with van der Waals surface area (Å²) in [5.74, 6) is -2.67. The van der Waals surface area contributed by atoms with Gasteiger partial charge in [-0.2, -0.15) is 0 Å². The van der Waals surface area contributed by atoms with Crippen LogP contribution in [0.2, 0.25) is 0 Å². The molecule has 0 aromatic heterocycles. The molecule has 1 heterocycles. The van der Waals surface area contributed by atoms with E-state index < -0.39 is 54.6 Å². The van der Waals surface area contributed by atoms with Crippen LogP contribution >= 0.6 is 0 Å². The molecule has 1 rings (SSSR count). The Balaban J connectivity index is 3.24. The van der Waals surface area contributed by atoms with Gasteiger partial charge in [0.2, 0.25) is 0 Å². The summed E-state index contributed by atoms with van der Waals surface area (Å²) in [6, 6.07) is 0. The highest BCUT2D eigenvalue weighted by Crippen LogP contribution is 2.29. The van der Waals surface area contributed by atoms with Crippen LogP contribution in [0, 0.1) is 0 Å². The fourth-order valence-corrected chi connectivity index (χ4v) is 2.49. The van der Waals surface area contributed by atoms with Gasteiger partial charge in [0.05, 0.1) is 6.61 Å². The lowest BCUT2D eigenvalue weighted by Gasteiger charge is -2.43. The molecule has 0 aromatic carbocycles. The number of hydrogen-bond donors (Lipinski definition) is 0. The van der Waals surface area contributed by atoms with Gasteiger partial charge in [-0.25, -0.2) is 0 Å². The molecule has 1 saturated heterocycles. The Morgan fingerprint density at radius 2 is 1.37 bits per heavy atom. The molecule has 0 amide bonds. The van der Waals surface area contributed by atoms with Crippen LogP contribution in [-0.4, -0.2) is 67.8 Å². The normalized spacial score (nSPS) is 27.2. The summed E-state index contributed by atoms with van der Waals surface area (Å²) in [6.07, 6.45) is -4.41. The minimum absolute atomic E-state index is 0.0355. The van der Waals surface area contributed by atoms with Crippen LogP contribution in [0.15, 0.2) is 12.7 Å². The summed E-state index contributed by atoms with van der Waals surface area (Å²) in [7, 11) is 0. The molecule has 10 nitrogen and oxygen atoms in total. The molecule has 152 valence electrons. The fraction of sp³-hybridized carbons (Fsp3) is 0.647. The molecule has 0 aromatic rings. The van der Waals surface area contributed by atoms with Crippen LogP contribution < -0.4 is 0 Å². The van der Waals surface area contributed by atoms with Crippen molar-refractivity contribution in [3.63, 3.8) is 0 Å². The van der Waals surface area contributed by atoms with Gasteiger partial charge in [0.25, 0.3) is 0 Å². The van der Waals surface area contributed by atoms with E-state index >= 15 is 0 Å². The number of rotatable bonds is 8. The Kier molecular flexibility index (Phi) is 8.89. The third-order valence-electron chi connectivity index (χ3n) is 3.33. The second kappa shape index (κ2) is 10.6. The van der Waals surface area contributed by atoms with Crippen molar-refractivity contribution in [2.75, 3.05) is 13.2 Å². The third kappa shape index (κ3) is 7.35. The molecule has 0 saturated carbocycles. The van der Waals surface area contributed by atoms with Crippen molar-refractivity contribution in [3.05, 3.63) is 12.7 Å². The SMILES string of the molecule is C=CCO[C@@H]1OC(COC(C)=O)[C@@H](OC(C)=O)[C@H](OC(C)=O)[C@@H]1OC(C)=O. The summed E-state index contributed by atoms with van der Waals surface area (Å²) >= 11 is 0. The highest BCUT2D eigenvalue weighted by molar-refractivity contribution is 5.68. The molecule has 10 heteroatoms. The highest BCUT2D eigenvalue weighted by atomic mass is 16.7. The van der Waals surface area contributed by atoms with Crippen LogP contribution in [0.5, 0.6) is 0 Å². The van der Waals surface area contributed by atoms with E-state index in [4.69, 9.17) is 28.4 Å². The standard InChI is InChI=1S/C17H24O10/c1-6-7-22-17-16(26-12(5)21)15(25-11(4)20)14(24-10(3)19)13(27-17)8-23-9(2)18/h6,13-17H,1,7-8H2,2-5H3/t13?,14-,15+,16+,17-/m1/s1. The monoisotopic (exact) mass is 388 g/mol. The quantitative estimate of drug-likeness (QED) is 0.325. The minimum atomic E-state index is -1.24. The Bertz CT molecular complexity index is 572. The summed E-state index contributed by atoms with van der Waals surface area (Å²) in [6.45, 7) is 7.90. The molecule has 1 aliphatic heterocycles. The summed E-state index contributed by atoms with van der Waals surface area (Å²) < 4.78 is 31.7. The number of carbonyl (C=O) groups excluding carboxylic acids is 4. The summed E-state index contributed by atoms with van der Waals surface area (Å²) in [4.78, 5) is 45.8. The Labute approximate surface area is 156 Å². The lowest BCUT2D eigenvalue weighted by molar-refractivity contribution is -0.305. The molecule has 1 aliphatic rings. The van der Waals surface area contributed by atoms with Crippen LogP contribution in [0.25, 0.3) is 0 Å². The number of hydrogen-bond acceptors (Lipinski definition) is 10. The zero-order valence-corrected chi connectivity index (χ0v) is 15.7. The molecular formula is C17H24O10. The Morgan fingerprint density at radius 1 is 0.852 bits per heavy atom. The number of ether oxygens (including phenoxy) is 6. The Hall–Kier alpha value is -2.46. The van der Waals surface area contributed by atoms with Crippen molar-refractivity contribution in [3.8, 4) is 0 Å². The zero-order chi connectivity index (χ0) is 20.6. The van der Waals surface area contributed by atoms with Crippen LogP contribution in [0.4, 0.5) is 0 Å². The first-order chi connectivity index (χ1) is 12.6. The topological polar surface area (TPSA) is 124 Å². The van der Waals surface area contributed by atoms with Gasteiger partial charge in [-0.3, -0.25) is 19.2 Å². The molecule has 5 atom stereocenters. The summed E-state index contributed by atoms with van der Waals surface area (Å²) in [5.41, 5.74) is 0. The first kappa shape index (κ1) is 22.6. The first-order valence-corrected chi connectivity index (χ1v) is 8.18. The number of esters is 4. The second-order valence-corrected chi connectivity index (χ2v) is 5.69. The maximum absolute atomic E-state index is 11.6. The maximum atomic E-state index is 11.6. The molecule has 27 heavy (non-hydrogen) atoms. The predicted octanol–water partition coefficient (Wildman–Crippen LogP) is 0.272. The van der Waals surface area contributed by atoms with Crippen molar-refractivity contribution >= 4 is 23.9 Å². The van der Waals surface area contributed by atoms with E-state index in [0.717, 1.165) is 20.8 Å². The summed E-state index contributed by atoms with van der Waals surface area (Å²) in [5, 5.41) is 0. The van der Waals surface area contributed by atoms with Gasteiger partial charge in [-0.15, -0.1) is 6.58 Å². The van der Waals surface area contributed by atoms with Crippen LogP contribution in [0.3, 0.4) is 0 Å². The smallest absolute Gasteiger partial charge is 0.303 e.